The number of aliphatic hydroxyl groups is 1. The van der Waals surface area contributed by atoms with E-state index >= 15 is 0 Å². The zero-order valence-electron chi connectivity index (χ0n) is 13.3. The minimum atomic E-state index is -0.481. The molecule has 0 fully saturated rings. The minimum Gasteiger partial charge on any atom is -0.394 e. The molecule has 3 rings (SSSR count). The van der Waals surface area contributed by atoms with E-state index in [1.54, 1.807) is 12.1 Å². The van der Waals surface area contributed by atoms with Gasteiger partial charge in [-0.05, 0) is 36.1 Å². The average molecular weight is 324 g/mol. The van der Waals surface area contributed by atoms with Gasteiger partial charge in [0.2, 0.25) is 0 Å². The largest absolute Gasteiger partial charge is 0.394 e. The maximum absolute atomic E-state index is 12.2. The van der Waals surface area contributed by atoms with Crippen molar-refractivity contribution in [2.24, 2.45) is 0 Å². The molecule has 5 nitrogen and oxygen atoms in total. The highest BCUT2D eigenvalue weighted by Gasteiger charge is 2.18. The van der Waals surface area contributed by atoms with Crippen molar-refractivity contribution in [3.8, 4) is 0 Å². The van der Waals surface area contributed by atoms with E-state index in [1.165, 1.54) is 0 Å². The summed E-state index contributed by atoms with van der Waals surface area (Å²) in [5, 5.41) is 15.0. The SMILES string of the molecule is O=C(Nc1ccc2c(c1)C(=O)CCC2)NC(CO)c1ccccc1. The molecule has 5 heteroatoms. The lowest BCUT2D eigenvalue weighted by Gasteiger charge is -2.19. The van der Waals surface area contributed by atoms with Gasteiger partial charge in [-0.3, -0.25) is 4.79 Å². The maximum atomic E-state index is 12.2. The molecule has 0 bridgehead atoms. The van der Waals surface area contributed by atoms with Crippen molar-refractivity contribution in [1.29, 1.82) is 0 Å². The first-order valence-electron chi connectivity index (χ1n) is 8.07. The lowest BCUT2D eigenvalue weighted by Crippen LogP contribution is -2.34. The van der Waals surface area contributed by atoms with Gasteiger partial charge in [0, 0.05) is 17.7 Å². The summed E-state index contributed by atoms with van der Waals surface area (Å²) >= 11 is 0. The molecule has 0 heterocycles. The smallest absolute Gasteiger partial charge is 0.319 e. The second kappa shape index (κ2) is 7.27. The number of hydrogen-bond acceptors (Lipinski definition) is 3. The number of amides is 2. The van der Waals surface area contributed by atoms with E-state index in [-0.39, 0.29) is 12.4 Å². The molecule has 0 radical (unpaired) electrons. The second-order valence-corrected chi connectivity index (χ2v) is 5.89. The Balaban J connectivity index is 1.68. The molecule has 0 aromatic heterocycles. The third-order valence-electron chi connectivity index (χ3n) is 4.21. The fraction of sp³-hybridized carbons (Fsp3) is 0.263. The third-order valence-corrected chi connectivity index (χ3v) is 4.21. The highest BCUT2D eigenvalue weighted by Crippen LogP contribution is 2.24. The van der Waals surface area contributed by atoms with E-state index in [9.17, 15) is 14.7 Å². The highest BCUT2D eigenvalue weighted by atomic mass is 16.3. The number of carbonyl (C=O) groups excluding carboxylic acids is 2. The molecule has 2 amide bonds. The molecule has 0 spiro atoms. The van der Waals surface area contributed by atoms with Crippen molar-refractivity contribution >= 4 is 17.5 Å². The first kappa shape index (κ1) is 16.2. The molecule has 3 N–H and O–H groups in total. The van der Waals surface area contributed by atoms with Crippen molar-refractivity contribution < 1.29 is 14.7 Å². The topological polar surface area (TPSA) is 78.4 Å². The standard InChI is InChI=1S/C19H20N2O3/c22-12-17(14-5-2-1-3-6-14)21-19(24)20-15-10-9-13-7-4-8-18(23)16(13)11-15/h1-3,5-6,9-11,17,22H,4,7-8,12H2,(H2,20,21,24). The summed E-state index contributed by atoms with van der Waals surface area (Å²) in [6.07, 6.45) is 2.34. The lowest BCUT2D eigenvalue weighted by atomic mass is 9.90. The van der Waals surface area contributed by atoms with Crippen LogP contribution in [0.2, 0.25) is 0 Å². The number of nitrogens with one attached hydrogen (secondary N) is 2. The van der Waals surface area contributed by atoms with Gasteiger partial charge in [-0.2, -0.15) is 0 Å². The van der Waals surface area contributed by atoms with E-state index < -0.39 is 12.1 Å². The van der Waals surface area contributed by atoms with Crippen LogP contribution in [0.15, 0.2) is 48.5 Å². The van der Waals surface area contributed by atoms with Gasteiger partial charge in [0.05, 0.1) is 12.6 Å². The molecule has 2 aromatic rings. The number of aliphatic hydroxyl groups excluding tert-OH is 1. The van der Waals surface area contributed by atoms with Crippen LogP contribution >= 0.6 is 0 Å². The van der Waals surface area contributed by atoms with E-state index in [2.05, 4.69) is 10.6 Å². The summed E-state index contributed by atoms with van der Waals surface area (Å²) in [6, 6.07) is 13.8. The number of carbonyl (C=O) groups is 2. The summed E-state index contributed by atoms with van der Waals surface area (Å²) in [6.45, 7) is -0.194. The molecule has 0 saturated carbocycles. The first-order valence-corrected chi connectivity index (χ1v) is 8.07. The van der Waals surface area contributed by atoms with Crippen molar-refractivity contribution in [3.05, 3.63) is 65.2 Å². The predicted octanol–water partition coefficient (Wildman–Crippen LogP) is 3.06. The van der Waals surface area contributed by atoms with Gasteiger partial charge < -0.3 is 15.7 Å². The summed E-state index contributed by atoms with van der Waals surface area (Å²) < 4.78 is 0. The Morgan fingerprint density at radius 2 is 1.92 bits per heavy atom. The molecule has 1 aliphatic rings. The quantitative estimate of drug-likeness (QED) is 0.809. The Bertz CT molecular complexity index is 744. The van der Waals surface area contributed by atoms with Crippen LogP contribution in [0.4, 0.5) is 10.5 Å². The highest BCUT2D eigenvalue weighted by molar-refractivity contribution is 6.00. The van der Waals surface area contributed by atoms with Gasteiger partial charge in [0.1, 0.15) is 0 Å². The molecular formula is C19H20N2O3. The van der Waals surface area contributed by atoms with Crippen molar-refractivity contribution in [3.63, 3.8) is 0 Å². The summed E-state index contributed by atoms with van der Waals surface area (Å²) in [5.74, 6) is 0.123. The van der Waals surface area contributed by atoms with Crippen LogP contribution in [0.1, 0.15) is 40.4 Å². The molecule has 124 valence electrons. The molecule has 0 aliphatic heterocycles. The number of Topliss-reactive ketones (excluding diaryl/α,β-unsaturated/α-hetero) is 1. The number of urea groups is 1. The Labute approximate surface area is 140 Å². The first-order chi connectivity index (χ1) is 11.7. The molecule has 1 aliphatic carbocycles. The number of benzene rings is 2. The van der Waals surface area contributed by atoms with Gasteiger partial charge >= 0.3 is 6.03 Å². The Morgan fingerprint density at radius 3 is 2.67 bits per heavy atom. The van der Waals surface area contributed by atoms with Crippen LogP contribution in [0.25, 0.3) is 0 Å². The van der Waals surface area contributed by atoms with Crippen molar-refractivity contribution in [1.82, 2.24) is 5.32 Å². The van der Waals surface area contributed by atoms with Crippen LogP contribution in [0, 0.1) is 0 Å². The monoisotopic (exact) mass is 324 g/mol. The normalized spacial score (nSPS) is 14.6. The van der Waals surface area contributed by atoms with Crippen LogP contribution in [0.3, 0.4) is 0 Å². The van der Waals surface area contributed by atoms with Gasteiger partial charge in [0.15, 0.2) is 5.78 Å². The van der Waals surface area contributed by atoms with E-state index in [1.807, 2.05) is 36.4 Å². The van der Waals surface area contributed by atoms with Crippen LogP contribution in [0.5, 0.6) is 0 Å². The van der Waals surface area contributed by atoms with Gasteiger partial charge in [0.25, 0.3) is 0 Å². The lowest BCUT2D eigenvalue weighted by molar-refractivity contribution is 0.0972. The maximum Gasteiger partial charge on any atom is 0.319 e. The number of ketones is 1. The zero-order chi connectivity index (χ0) is 16.9. The molecule has 2 aromatic carbocycles. The second-order valence-electron chi connectivity index (χ2n) is 5.89. The van der Waals surface area contributed by atoms with Crippen molar-refractivity contribution in [2.45, 2.75) is 25.3 Å². The summed E-state index contributed by atoms with van der Waals surface area (Å²) in [7, 11) is 0. The fourth-order valence-corrected chi connectivity index (χ4v) is 2.95. The number of fused-ring (bicyclic) bond motifs is 1. The number of rotatable bonds is 4. The van der Waals surface area contributed by atoms with E-state index in [0.717, 1.165) is 24.0 Å². The average Bonchev–Trinajstić information content (AvgIpc) is 2.61. The zero-order valence-corrected chi connectivity index (χ0v) is 13.3. The predicted molar refractivity (Wildman–Crippen MR) is 92.1 cm³/mol. The number of hydrogen-bond donors (Lipinski definition) is 3. The Hall–Kier alpha value is -2.66. The van der Waals surface area contributed by atoms with Gasteiger partial charge in [-0.25, -0.2) is 4.79 Å². The van der Waals surface area contributed by atoms with Crippen LogP contribution in [-0.4, -0.2) is 23.5 Å². The molecule has 1 atom stereocenters. The Morgan fingerprint density at radius 1 is 1.12 bits per heavy atom. The Kier molecular flexibility index (Phi) is 4.91. The van der Waals surface area contributed by atoms with Crippen LogP contribution < -0.4 is 10.6 Å². The van der Waals surface area contributed by atoms with Gasteiger partial charge in [-0.15, -0.1) is 0 Å². The molecule has 24 heavy (non-hydrogen) atoms. The number of anilines is 1. The molecule has 0 saturated heterocycles. The minimum absolute atomic E-state index is 0.123. The van der Waals surface area contributed by atoms with E-state index in [4.69, 9.17) is 0 Å². The van der Waals surface area contributed by atoms with Crippen molar-refractivity contribution in [2.75, 3.05) is 11.9 Å². The molecular weight excluding hydrogens is 304 g/mol. The number of aryl methyl sites for hydroxylation is 1. The summed E-state index contributed by atoms with van der Waals surface area (Å²) in [5.41, 5.74) is 3.14. The molecule has 1 unspecified atom stereocenters. The summed E-state index contributed by atoms with van der Waals surface area (Å²) in [4.78, 5) is 24.2. The fourth-order valence-electron chi connectivity index (χ4n) is 2.95. The third kappa shape index (κ3) is 3.63. The van der Waals surface area contributed by atoms with Gasteiger partial charge in [-0.1, -0.05) is 36.4 Å². The van der Waals surface area contributed by atoms with E-state index in [0.29, 0.717) is 17.7 Å². The van der Waals surface area contributed by atoms with Crippen LogP contribution in [-0.2, 0) is 6.42 Å².